The highest BCUT2D eigenvalue weighted by molar-refractivity contribution is 6.03. The van der Waals surface area contributed by atoms with Crippen LogP contribution in [0.1, 0.15) is 22.8 Å². The van der Waals surface area contributed by atoms with Crippen LogP contribution in [0.5, 0.6) is 6.01 Å². The fourth-order valence-electron chi connectivity index (χ4n) is 1.48. The molecule has 0 fully saturated rings. The number of carbonyl (C=O) groups is 1. The highest BCUT2D eigenvalue weighted by atomic mass is 19.1. The number of nitrogens with zero attached hydrogens (tertiary/aromatic N) is 2. The summed E-state index contributed by atoms with van der Waals surface area (Å²) < 4.78 is 18.6. The van der Waals surface area contributed by atoms with Gasteiger partial charge in [-0.2, -0.15) is 4.98 Å². The van der Waals surface area contributed by atoms with E-state index in [2.05, 4.69) is 20.5 Å². The van der Waals surface area contributed by atoms with E-state index in [4.69, 9.17) is 4.74 Å². The van der Waals surface area contributed by atoms with Crippen LogP contribution < -0.4 is 10.1 Å². The minimum Gasteiger partial charge on any atom is -0.463 e. The van der Waals surface area contributed by atoms with Crippen LogP contribution in [0.4, 0.5) is 10.3 Å². The molecule has 1 amide bonds. The lowest BCUT2D eigenvalue weighted by Crippen LogP contribution is -2.14. The molecule has 2 N–H and O–H groups in total. The second-order valence-electron chi connectivity index (χ2n) is 3.84. The second kappa shape index (κ2) is 5.47. The summed E-state index contributed by atoms with van der Waals surface area (Å²) in [5.74, 6) is -1.08. The van der Waals surface area contributed by atoms with Crippen LogP contribution in [0, 0.1) is 12.7 Å². The summed E-state index contributed by atoms with van der Waals surface area (Å²) >= 11 is 0. The van der Waals surface area contributed by atoms with E-state index < -0.39 is 11.7 Å². The van der Waals surface area contributed by atoms with E-state index in [0.717, 1.165) is 5.56 Å². The van der Waals surface area contributed by atoms with Crippen molar-refractivity contribution < 1.29 is 13.9 Å². The van der Waals surface area contributed by atoms with Crippen LogP contribution >= 0.6 is 0 Å². The number of aromatic amines is 1. The van der Waals surface area contributed by atoms with Crippen molar-refractivity contribution in [1.29, 1.82) is 0 Å². The number of nitrogens with one attached hydrogen (secondary N) is 2. The Morgan fingerprint density at radius 3 is 3.00 bits per heavy atom. The second-order valence-corrected chi connectivity index (χ2v) is 3.84. The maximum absolute atomic E-state index is 13.6. The first-order chi connectivity index (χ1) is 9.10. The van der Waals surface area contributed by atoms with E-state index in [1.54, 1.807) is 19.9 Å². The Bertz CT molecular complexity index is 597. The lowest BCUT2D eigenvalue weighted by atomic mass is 10.1. The first-order valence-corrected chi connectivity index (χ1v) is 5.73. The van der Waals surface area contributed by atoms with Crippen LogP contribution in [-0.2, 0) is 0 Å². The quantitative estimate of drug-likeness (QED) is 0.883. The third kappa shape index (κ3) is 3.06. The van der Waals surface area contributed by atoms with Gasteiger partial charge in [0.1, 0.15) is 5.82 Å². The lowest BCUT2D eigenvalue weighted by molar-refractivity contribution is 0.102. The highest BCUT2D eigenvalue weighted by Gasteiger charge is 2.14. The number of rotatable bonds is 4. The zero-order valence-electron chi connectivity index (χ0n) is 10.5. The van der Waals surface area contributed by atoms with E-state index in [1.165, 1.54) is 12.1 Å². The van der Waals surface area contributed by atoms with Gasteiger partial charge in [-0.3, -0.25) is 10.1 Å². The van der Waals surface area contributed by atoms with E-state index >= 15 is 0 Å². The minimum absolute atomic E-state index is 0.0556. The molecule has 2 rings (SSSR count). The first-order valence-electron chi connectivity index (χ1n) is 5.73. The molecule has 1 aromatic carbocycles. The number of H-pyrrole nitrogens is 1. The van der Waals surface area contributed by atoms with Crippen LogP contribution in [0.25, 0.3) is 0 Å². The number of aryl methyl sites for hydroxylation is 1. The summed E-state index contributed by atoms with van der Waals surface area (Å²) in [4.78, 5) is 15.7. The van der Waals surface area contributed by atoms with Gasteiger partial charge in [0, 0.05) is 0 Å². The van der Waals surface area contributed by atoms with Gasteiger partial charge < -0.3 is 4.74 Å². The van der Waals surface area contributed by atoms with Crippen molar-refractivity contribution in [1.82, 2.24) is 15.2 Å². The Labute approximate surface area is 109 Å². The summed E-state index contributed by atoms with van der Waals surface area (Å²) in [6.07, 6.45) is 0. The maximum atomic E-state index is 13.6. The van der Waals surface area contributed by atoms with Crippen molar-refractivity contribution in [2.24, 2.45) is 0 Å². The van der Waals surface area contributed by atoms with Crippen molar-refractivity contribution in [3.05, 3.63) is 35.1 Å². The maximum Gasteiger partial charge on any atom is 0.337 e. The molecule has 0 aliphatic rings. The molecule has 1 aromatic heterocycles. The SMILES string of the molecule is CCOc1n[nH]c(NC(=O)c2ccc(C)cc2F)n1. The van der Waals surface area contributed by atoms with E-state index in [0.29, 0.717) is 6.61 Å². The van der Waals surface area contributed by atoms with Crippen molar-refractivity contribution in [2.75, 3.05) is 11.9 Å². The molecule has 0 saturated carbocycles. The number of halogens is 1. The molecule has 19 heavy (non-hydrogen) atoms. The smallest absolute Gasteiger partial charge is 0.337 e. The molecule has 7 heteroatoms. The van der Waals surface area contributed by atoms with Crippen LogP contribution in [0.15, 0.2) is 18.2 Å². The van der Waals surface area contributed by atoms with Gasteiger partial charge in [-0.1, -0.05) is 6.07 Å². The minimum atomic E-state index is -0.600. The van der Waals surface area contributed by atoms with Gasteiger partial charge in [-0.25, -0.2) is 9.49 Å². The van der Waals surface area contributed by atoms with Gasteiger partial charge in [0.25, 0.3) is 5.91 Å². The molecule has 2 aromatic rings. The van der Waals surface area contributed by atoms with Crippen molar-refractivity contribution in [2.45, 2.75) is 13.8 Å². The van der Waals surface area contributed by atoms with Gasteiger partial charge >= 0.3 is 6.01 Å². The molecule has 100 valence electrons. The highest BCUT2D eigenvalue weighted by Crippen LogP contribution is 2.12. The van der Waals surface area contributed by atoms with Gasteiger partial charge in [-0.15, -0.1) is 5.10 Å². The van der Waals surface area contributed by atoms with Crippen molar-refractivity contribution in [3.8, 4) is 6.01 Å². The average Bonchev–Trinajstić information content (AvgIpc) is 2.76. The number of carbonyl (C=O) groups excluding carboxylic acids is 1. The number of ether oxygens (including phenoxy) is 1. The van der Waals surface area contributed by atoms with Gasteiger partial charge in [0.15, 0.2) is 0 Å². The predicted molar refractivity (Wildman–Crippen MR) is 66.6 cm³/mol. The standard InChI is InChI=1S/C12H13FN4O2/c1-3-19-12-15-11(16-17-12)14-10(18)8-5-4-7(2)6-9(8)13/h4-6H,3H2,1-2H3,(H2,14,15,16,17,18). The van der Waals surface area contributed by atoms with E-state index in [-0.39, 0.29) is 17.5 Å². The summed E-state index contributed by atoms with van der Waals surface area (Å²) in [7, 11) is 0. The predicted octanol–water partition coefficient (Wildman–Crippen LogP) is 1.90. The average molecular weight is 264 g/mol. The van der Waals surface area contributed by atoms with E-state index in [1.807, 2.05) is 0 Å². The van der Waals surface area contributed by atoms with Crippen molar-refractivity contribution in [3.63, 3.8) is 0 Å². The molecule has 0 bridgehead atoms. The third-order valence-corrected chi connectivity index (χ3v) is 2.34. The molecule has 0 aliphatic carbocycles. The zero-order valence-corrected chi connectivity index (χ0v) is 10.5. The molecule has 0 radical (unpaired) electrons. The fraction of sp³-hybridized carbons (Fsp3) is 0.250. The number of hydrogen-bond donors (Lipinski definition) is 2. The summed E-state index contributed by atoms with van der Waals surface area (Å²) in [5.41, 5.74) is 0.687. The summed E-state index contributed by atoms with van der Waals surface area (Å²) in [6.45, 7) is 3.95. The first kappa shape index (κ1) is 13.0. The molecule has 6 nitrogen and oxygen atoms in total. The van der Waals surface area contributed by atoms with E-state index in [9.17, 15) is 9.18 Å². The lowest BCUT2D eigenvalue weighted by Gasteiger charge is -2.03. The Morgan fingerprint density at radius 2 is 2.32 bits per heavy atom. The topological polar surface area (TPSA) is 79.9 Å². The fourth-order valence-corrected chi connectivity index (χ4v) is 1.48. The molecule has 0 atom stereocenters. The van der Waals surface area contributed by atoms with Crippen LogP contribution in [0.3, 0.4) is 0 Å². The Kier molecular flexibility index (Phi) is 3.74. The Morgan fingerprint density at radius 1 is 1.53 bits per heavy atom. The molecule has 0 saturated heterocycles. The van der Waals surface area contributed by atoms with Crippen molar-refractivity contribution >= 4 is 11.9 Å². The third-order valence-electron chi connectivity index (χ3n) is 2.34. The monoisotopic (exact) mass is 264 g/mol. The zero-order chi connectivity index (χ0) is 13.8. The van der Waals surface area contributed by atoms with Gasteiger partial charge in [-0.05, 0) is 31.5 Å². The molecule has 0 unspecified atom stereocenters. The number of anilines is 1. The number of aromatic nitrogens is 3. The number of amides is 1. The van der Waals surface area contributed by atoms with Crippen LogP contribution in [0.2, 0.25) is 0 Å². The van der Waals surface area contributed by atoms with Gasteiger partial charge in [0.05, 0.1) is 12.2 Å². The Balaban J connectivity index is 2.11. The normalized spacial score (nSPS) is 10.3. The Hall–Kier alpha value is -2.44. The molecule has 1 heterocycles. The molecule has 0 spiro atoms. The summed E-state index contributed by atoms with van der Waals surface area (Å²) in [6, 6.07) is 4.49. The number of hydrogen-bond acceptors (Lipinski definition) is 4. The molecule has 0 aliphatic heterocycles. The molecular weight excluding hydrogens is 251 g/mol. The largest absolute Gasteiger partial charge is 0.463 e. The summed E-state index contributed by atoms with van der Waals surface area (Å²) in [5, 5.41) is 8.61. The molecular formula is C12H13FN4O2. The van der Waals surface area contributed by atoms with Crippen LogP contribution in [-0.4, -0.2) is 27.7 Å². The van der Waals surface area contributed by atoms with Gasteiger partial charge in [0.2, 0.25) is 5.95 Å². The number of benzene rings is 1.